The normalized spacial score (nSPS) is 18.1. The first kappa shape index (κ1) is 15.5. The third-order valence-electron chi connectivity index (χ3n) is 3.89. The summed E-state index contributed by atoms with van der Waals surface area (Å²) in [6.07, 6.45) is 5.92. The van der Waals surface area contributed by atoms with E-state index in [1.165, 1.54) is 0 Å². The number of rotatable bonds is 5. The van der Waals surface area contributed by atoms with Crippen LogP contribution < -0.4 is 4.72 Å². The zero-order valence-electron chi connectivity index (χ0n) is 12.3. The second-order valence-electron chi connectivity index (χ2n) is 5.32. The van der Waals surface area contributed by atoms with Crippen molar-refractivity contribution in [3.8, 4) is 0 Å². The van der Waals surface area contributed by atoms with Crippen molar-refractivity contribution in [2.75, 3.05) is 19.6 Å². The van der Waals surface area contributed by atoms with Gasteiger partial charge in [-0.05, 0) is 26.7 Å². The molecule has 0 amide bonds. The molecule has 1 aromatic rings. The molecule has 1 N–H and O–H groups in total. The van der Waals surface area contributed by atoms with Gasteiger partial charge in [0.25, 0.3) is 10.2 Å². The molecule has 2 rings (SSSR count). The van der Waals surface area contributed by atoms with Gasteiger partial charge in [-0.25, -0.2) is 9.71 Å². The number of nitrogens with zero attached hydrogens (tertiary/aromatic N) is 3. The van der Waals surface area contributed by atoms with Crippen LogP contribution in [0, 0.1) is 13.8 Å². The van der Waals surface area contributed by atoms with Crippen molar-refractivity contribution in [3.63, 3.8) is 0 Å². The fourth-order valence-corrected chi connectivity index (χ4v) is 3.71. The molecule has 0 aromatic carbocycles. The van der Waals surface area contributed by atoms with Crippen molar-refractivity contribution in [1.29, 1.82) is 0 Å². The van der Waals surface area contributed by atoms with Gasteiger partial charge in [-0.1, -0.05) is 12.8 Å². The summed E-state index contributed by atoms with van der Waals surface area (Å²) < 4.78 is 30.7. The highest BCUT2D eigenvalue weighted by atomic mass is 32.2. The van der Waals surface area contributed by atoms with Gasteiger partial charge in [0.05, 0.1) is 12.0 Å². The number of aryl methyl sites for hydroxylation is 1. The van der Waals surface area contributed by atoms with Gasteiger partial charge in [-0.15, -0.1) is 0 Å². The number of aromatic nitrogens is 2. The zero-order valence-corrected chi connectivity index (χ0v) is 13.1. The summed E-state index contributed by atoms with van der Waals surface area (Å²) in [6, 6.07) is 0. The first-order valence-corrected chi connectivity index (χ1v) is 8.68. The summed E-state index contributed by atoms with van der Waals surface area (Å²) in [4.78, 5) is 4.21. The molecule has 20 heavy (non-hydrogen) atoms. The fourth-order valence-electron chi connectivity index (χ4n) is 2.44. The lowest BCUT2D eigenvalue weighted by atomic mass is 10.2. The molecule has 2 heterocycles. The Bertz CT molecular complexity index is 531. The average molecular weight is 300 g/mol. The summed E-state index contributed by atoms with van der Waals surface area (Å²) in [5, 5.41) is 0. The standard InChI is InChI=1S/C13H24N4O2S/c1-12-13(2)16(11-14-12)10-7-15-20(18,19)17-8-5-3-4-6-9-17/h11,15H,3-10H2,1-2H3. The molecule has 0 radical (unpaired) electrons. The summed E-state index contributed by atoms with van der Waals surface area (Å²) >= 11 is 0. The maximum Gasteiger partial charge on any atom is 0.279 e. The monoisotopic (exact) mass is 300 g/mol. The third kappa shape index (κ3) is 3.80. The van der Waals surface area contributed by atoms with Gasteiger partial charge in [0, 0.05) is 31.9 Å². The number of nitrogens with one attached hydrogen (secondary N) is 1. The SMILES string of the molecule is Cc1ncn(CCNS(=O)(=O)N2CCCCCC2)c1C. The Labute approximate surface area is 121 Å². The number of imidazole rings is 1. The first-order valence-electron chi connectivity index (χ1n) is 7.24. The Morgan fingerprint density at radius 1 is 1.20 bits per heavy atom. The van der Waals surface area contributed by atoms with Crippen LogP contribution in [0.15, 0.2) is 6.33 Å². The molecule has 1 aromatic heterocycles. The van der Waals surface area contributed by atoms with Crippen LogP contribution in [0.5, 0.6) is 0 Å². The number of hydrogen-bond acceptors (Lipinski definition) is 3. The van der Waals surface area contributed by atoms with Crippen LogP contribution in [-0.2, 0) is 16.8 Å². The highest BCUT2D eigenvalue weighted by Crippen LogP contribution is 2.12. The van der Waals surface area contributed by atoms with E-state index in [0.29, 0.717) is 26.2 Å². The van der Waals surface area contributed by atoms with Crippen LogP contribution in [0.25, 0.3) is 0 Å². The lowest BCUT2D eigenvalue weighted by Gasteiger charge is -2.20. The minimum absolute atomic E-state index is 0.398. The molecule has 0 saturated carbocycles. The molecule has 1 aliphatic rings. The maximum atomic E-state index is 12.2. The van der Waals surface area contributed by atoms with E-state index in [9.17, 15) is 8.42 Å². The van der Waals surface area contributed by atoms with Gasteiger partial charge in [-0.3, -0.25) is 0 Å². The molecule has 6 nitrogen and oxygen atoms in total. The Morgan fingerprint density at radius 3 is 2.40 bits per heavy atom. The largest absolute Gasteiger partial charge is 0.333 e. The Morgan fingerprint density at radius 2 is 1.85 bits per heavy atom. The first-order chi connectivity index (χ1) is 9.50. The molecular weight excluding hydrogens is 276 g/mol. The molecule has 7 heteroatoms. The fraction of sp³-hybridized carbons (Fsp3) is 0.769. The predicted octanol–water partition coefficient (Wildman–Crippen LogP) is 1.21. The van der Waals surface area contributed by atoms with E-state index >= 15 is 0 Å². The van der Waals surface area contributed by atoms with E-state index < -0.39 is 10.2 Å². The van der Waals surface area contributed by atoms with Crippen LogP contribution in [0.4, 0.5) is 0 Å². The second-order valence-corrected chi connectivity index (χ2v) is 7.08. The van der Waals surface area contributed by atoms with Crippen LogP contribution >= 0.6 is 0 Å². The molecular formula is C13H24N4O2S. The molecule has 0 bridgehead atoms. The average Bonchev–Trinajstić information content (AvgIpc) is 2.65. The van der Waals surface area contributed by atoms with Gasteiger partial charge < -0.3 is 4.57 Å². The molecule has 0 aliphatic carbocycles. The van der Waals surface area contributed by atoms with E-state index in [-0.39, 0.29) is 0 Å². The summed E-state index contributed by atoms with van der Waals surface area (Å²) in [5.41, 5.74) is 2.07. The Kier molecular flexibility index (Phi) is 5.17. The van der Waals surface area contributed by atoms with Crippen molar-refractivity contribution < 1.29 is 8.42 Å². The zero-order chi connectivity index (χ0) is 14.6. The van der Waals surface area contributed by atoms with Gasteiger partial charge in [0.2, 0.25) is 0 Å². The summed E-state index contributed by atoms with van der Waals surface area (Å²) in [6.45, 7) is 6.23. The van der Waals surface area contributed by atoms with Crippen LogP contribution in [0.3, 0.4) is 0 Å². The van der Waals surface area contributed by atoms with Gasteiger partial charge in [0.1, 0.15) is 0 Å². The molecule has 0 unspecified atom stereocenters. The van der Waals surface area contributed by atoms with Gasteiger partial charge >= 0.3 is 0 Å². The molecule has 1 fully saturated rings. The van der Waals surface area contributed by atoms with Crippen molar-refractivity contribution in [2.24, 2.45) is 0 Å². The minimum Gasteiger partial charge on any atom is -0.333 e. The van der Waals surface area contributed by atoms with Crippen LogP contribution in [0.1, 0.15) is 37.1 Å². The highest BCUT2D eigenvalue weighted by molar-refractivity contribution is 7.87. The maximum absolute atomic E-state index is 12.2. The smallest absolute Gasteiger partial charge is 0.279 e. The molecule has 114 valence electrons. The van der Waals surface area contributed by atoms with Gasteiger partial charge in [0.15, 0.2) is 0 Å². The van der Waals surface area contributed by atoms with E-state index in [2.05, 4.69) is 9.71 Å². The second kappa shape index (κ2) is 6.69. The lowest BCUT2D eigenvalue weighted by molar-refractivity contribution is 0.413. The Hall–Kier alpha value is -0.920. The third-order valence-corrected chi connectivity index (χ3v) is 5.50. The lowest BCUT2D eigenvalue weighted by Crippen LogP contribution is -2.42. The summed E-state index contributed by atoms with van der Waals surface area (Å²) in [7, 11) is -3.33. The molecule has 1 saturated heterocycles. The molecule has 1 aliphatic heterocycles. The number of hydrogen-bond donors (Lipinski definition) is 1. The van der Waals surface area contributed by atoms with Crippen molar-refractivity contribution in [2.45, 2.75) is 46.1 Å². The van der Waals surface area contributed by atoms with Gasteiger partial charge in [-0.2, -0.15) is 12.7 Å². The van der Waals surface area contributed by atoms with E-state index in [1.54, 1.807) is 10.6 Å². The minimum atomic E-state index is -3.33. The van der Waals surface area contributed by atoms with E-state index in [4.69, 9.17) is 0 Å². The van der Waals surface area contributed by atoms with Crippen molar-refractivity contribution in [3.05, 3.63) is 17.7 Å². The van der Waals surface area contributed by atoms with Crippen molar-refractivity contribution in [1.82, 2.24) is 18.6 Å². The Balaban J connectivity index is 1.87. The quantitative estimate of drug-likeness (QED) is 0.889. The predicted molar refractivity (Wildman–Crippen MR) is 78.7 cm³/mol. The van der Waals surface area contributed by atoms with E-state index in [0.717, 1.165) is 37.1 Å². The topological polar surface area (TPSA) is 67.2 Å². The van der Waals surface area contributed by atoms with E-state index in [1.807, 2.05) is 18.4 Å². The van der Waals surface area contributed by atoms with Crippen molar-refractivity contribution >= 4 is 10.2 Å². The van der Waals surface area contributed by atoms with Crippen LogP contribution in [-0.4, -0.2) is 41.9 Å². The summed E-state index contributed by atoms with van der Waals surface area (Å²) in [5.74, 6) is 0. The highest BCUT2D eigenvalue weighted by Gasteiger charge is 2.22. The molecule has 0 atom stereocenters. The molecule has 0 spiro atoms. The van der Waals surface area contributed by atoms with Crippen LogP contribution in [0.2, 0.25) is 0 Å².